The fourth-order valence-corrected chi connectivity index (χ4v) is 2.25. The Labute approximate surface area is 111 Å². The lowest BCUT2D eigenvalue weighted by Gasteiger charge is -2.22. The van der Waals surface area contributed by atoms with Crippen molar-refractivity contribution in [3.63, 3.8) is 0 Å². The Bertz CT molecular complexity index is 595. The van der Waals surface area contributed by atoms with E-state index in [1.165, 1.54) is 6.07 Å². The van der Waals surface area contributed by atoms with Crippen molar-refractivity contribution in [1.82, 2.24) is 4.98 Å². The van der Waals surface area contributed by atoms with E-state index in [4.69, 9.17) is 0 Å². The molecular formula is C14H17F2N3. The first-order valence-electron chi connectivity index (χ1n) is 6.32. The second-order valence-electron chi connectivity index (χ2n) is 4.23. The van der Waals surface area contributed by atoms with Gasteiger partial charge in [0.2, 0.25) is 0 Å². The van der Waals surface area contributed by atoms with E-state index in [0.29, 0.717) is 22.3 Å². The van der Waals surface area contributed by atoms with Gasteiger partial charge in [-0.1, -0.05) is 0 Å². The molecule has 2 aromatic rings. The highest BCUT2D eigenvalue weighted by Gasteiger charge is 2.15. The highest BCUT2D eigenvalue weighted by atomic mass is 19.1. The predicted molar refractivity (Wildman–Crippen MR) is 74.8 cm³/mol. The van der Waals surface area contributed by atoms with Crippen molar-refractivity contribution >= 4 is 22.3 Å². The normalized spacial score (nSPS) is 10.8. The lowest BCUT2D eigenvalue weighted by molar-refractivity contribution is 0.592. The Morgan fingerprint density at radius 3 is 2.47 bits per heavy atom. The van der Waals surface area contributed by atoms with Crippen molar-refractivity contribution < 1.29 is 8.78 Å². The molecule has 1 N–H and O–H groups in total. The Morgan fingerprint density at radius 2 is 1.89 bits per heavy atom. The van der Waals surface area contributed by atoms with E-state index in [1.807, 2.05) is 18.7 Å². The summed E-state index contributed by atoms with van der Waals surface area (Å²) in [5.74, 6) is -0.555. The summed E-state index contributed by atoms with van der Waals surface area (Å²) in [4.78, 5) is 6.30. The summed E-state index contributed by atoms with van der Waals surface area (Å²) in [5.41, 5.74) is 0.559. The van der Waals surface area contributed by atoms with Crippen LogP contribution in [-0.2, 0) is 0 Å². The van der Waals surface area contributed by atoms with Gasteiger partial charge in [-0.2, -0.15) is 0 Å². The van der Waals surface area contributed by atoms with E-state index in [0.717, 1.165) is 19.2 Å². The standard InChI is InChI=1S/C14H17F2N3/c1-4-19(5-2)14-10-6-9(15)7-11(16)13(10)12(17-3)8-18-14/h6-8,17H,4-5H2,1-3H3. The first-order valence-corrected chi connectivity index (χ1v) is 6.32. The molecule has 0 fully saturated rings. The smallest absolute Gasteiger partial charge is 0.136 e. The zero-order valence-electron chi connectivity index (χ0n) is 11.3. The number of hydrogen-bond donors (Lipinski definition) is 1. The Morgan fingerprint density at radius 1 is 1.21 bits per heavy atom. The molecule has 0 bridgehead atoms. The Balaban J connectivity index is 2.80. The number of nitrogens with one attached hydrogen (secondary N) is 1. The molecule has 1 heterocycles. The van der Waals surface area contributed by atoms with Gasteiger partial charge < -0.3 is 10.2 Å². The summed E-state index contributed by atoms with van der Waals surface area (Å²) >= 11 is 0. The Kier molecular flexibility index (Phi) is 3.83. The topological polar surface area (TPSA) is 28.2 Å². The van der Waals surface area contributed by atoms with Crippen LogP contribution in [0.5, 0.6) is 0 Å². The minimum Gasteiger partial charge on any atom is -0.386 e. The molecule has 0 unspecified atom stereocenters. The maximum Gasteiger partial charge on any atom is 0.136 e. The molecule has 0 saturated heterocycles. The van der Waals surface area contributed by atoms with Gasteiger partial charge in [-0.05, 0) is 19.9 Å². The van der Waals surface area contributed by atoms with Crippen LogP contribution in [0.2, 0.25) is 0 Å². The quantitative estimate of drug-likeness (QED) is 0.918. The SMILES string of the molecule is CCN(CC)c1ncc(NC)c2c(F)cc(F)cc12. The fourth-order valence-electron chi connectivity index (χ4n) is 2.25. The first kappa shape index (κ1) is 13.5. The third-order valence-electron chi connectivity index (χ3n) is 3.21. The third kappa shape index (κ3) is 2.32. The van der Waals surface area contributed by atoms with Crippen molar-refractivity contribution in [2.75, 3.05) is 30.4 Å². The predicted octanol–water partition coefficient (Wildman–Crippen LogP) is 3.40. The van der Waals surface area contributed by atoms with Crippen LogP contribution >= 0.6 is 0 Å². The van der Waals surface area contributed by atoms with Crippen LogP contribution in [0.15, 0.2) is 18.3 Å². The molecule has 0 radical (unpaired) electrons. The average molecular weight is 265 g/mol. The molecule has 0 saturated carbocycles. The van der Waals surface area contributed by atoms with Crippen LogP contribution in [0, 0.1) is 11.6 Å². The van der Waals surface area contributed by atoms with Gasteiger partial charge in [-0.25, -0.2) is 13.8 Å². The monoisotopic (exact) mass is 265 g/mol. The van der Waals surface area contributed by atoms with Gasteiger partial charge in [0, 0.05) is 37.0 Å². The maximum absolute atomic E-state index is 14.0. The molecule has 19 heavy (non-hydrogen) atoms. The van der Waals surface area contributed by atoms with Crippen LogP contribution in [0.3, 0.4) is 0 Å². The third-order valence-corrected chi connectivity index (χ3v) is 3.21. The second-order valence-corrected chi connectivity index (χ2v) is 4.23. The number of halogens is 2. The fraction of sp³-hybridized carbons (Fsp3) is 0.357. The first-order chi connectivity index (χ1) is 9.12. The van der Waals surface area contributed by atoms with Crippen LogP contribution < -0.4 is 10.2 Å². The molecule has 0 amide bonds. The van der Waals surface area contributed by atoms with Crippen molar-refractivity contribution in [2.24, 2.45) is 0 Å². The zero-order valence-corrected chi connectivity index (χ0v) is 11.3. The minimum atomic E-state index is -0.589. The van der Waals surface area contributed by atoms with Crippen LogP contribution in [0.1, 0.15) is 13.8 Å². The lowest BCUT2D eigenvalue weighted by atomic mass is 10.1. The van der Waals surface area contributed by atoms with E-state index < -0.39 is 11.6 Å². The molecule has 0 atom stereocenters. The number of nitrogens with zero attached hydrogens (tertiary/aromatic N) is 2. The van der Waals surface area contributed by atoms with Gasteiger partial charge in [-0.3, -0.25) is 0 Å². The molecule has 0 aliphatic carbocycles. The molecular weight excluding hydrogens is 248 g/mol. The van der Waals surface area contributed by atoms with E-state index in [9.17, 15) is 8.78 Å². The number of pyridine rings is 1. The molecule has 5 heteroatoms. The number of hydrogen-bond acceptors (Lipinski definition) is 3. The van der Waals surface area contributed by atoms with Gasteiger partial charge >= 0.3 is 0 Å². The lowest BCUT2D eigenvalue weighted by Crippen LogP contribution is -2.23. The van der Waals surface area contributed by atoms with Crippen LogP contribution in [-0.4, -0.2) is 25.1 Å². The van der Waals surface area contributed by atoms with E-state index in [-0.39, 0.29) is 0 Å². The summed E-state index contributed by atoms with van der Waals surface area (Å²) in [7, 11) is 1.69. The number of aromatic nitrogens is 1. The van der Waals surface area contributed by atoms with E-state index >= 15 is 0 Å². The van der Waals surface area contributed by atoms with Gasteiger partial charge in [-0.15, -0.1) is 0 Å². The number of anilines is 2. The maximum atomic E-state index is 14.0. The van der Waals surface area contributed by atoms with Gasteiger partial charge in [0.1, 0.15) is 17.5 Å². The second kappa shape index (κ2) is 5.38. The summed E-state index contributed by atoms with van der Waals surface area (Å²) in [6.45, 7) is 5.43. The molecule has 102 valence electrons. The van der Waals surface area contributed by atoms with Crippen LogP contribution in [0.4, 0.5) is 20.3 Å². The van der Waals surface area contributed by atoms with Crippen LogP contribution in [0.25, 0.3) is 10.8 Å². The number of rotatable bonds is 4. The van der Waals surface area contributed by atoms with Gasteiger partial charge in [0.25, 0.3) is 0 Å². The molecule has 2 rings (SSSR count). The highest BCUT2D eigenvalue weighted by Crippen LogP contribution is 2.32. The van der Waals surface area contributed by atoms with Crippen molar-refractivity contribution in [1.29, 1.82) is 0 Å². The molecule has 0 spiro atoms. The summed E-state index contributed by atoms with van der Waals surface area (Å²) < 4.78 is 27.5. The van der Waals surface area contributed by atoms with Gasteiger partial charge in [0.05, 0.1) is 11.9 Å². The minimum absolute atomic E-state index is 0.376. The van der Waals surface area contributed by atoms with Crippen molar-refractivity contribution in [3.8, 4) is 0 Å². The molecule has 1 aromatic carbocycles. The molecule has 0 aliphatic rings. The molecule has 3 nitrogen and oxygen atoms in total. The van der Waals surface area contributed by atoms with Gasteiger partial charge in [0.15, 0.2) is 0 Å². The summed E-state index contributed by atoms with van der Waals surface area (Å²) in [6.07, 6.45) is 1.58. The van der Waals surface area contributed by atoms with E-state index in [2.05, 4.69) is 10.3 Å². The molecule has 1 aromatic heterocycles. The average Bonchev–Trinajstić information content (AvgIpc) is 2.40. The van der Waals surface area contributed by atoms with E-state index in [1.54, 1.807) is 13.2 Å². The van der Waals surface area contributed by atoms with Crippen molar-refractivity contribution in [2.45, 2.75) is 13.8 Å². The highest BCUT2D eigenvalue weighted by molar-refractivity contribution is 6.00. The zero-order chi connectivity index (χ0) is 14.0. The largest absolute Gasteiger partial charge is 0.386 e. The number of fused-ring (bicyclic) bond motifs is 1. The molecule has 0 aliphatic heterocycles. The van der Waals surface area contributed by atoms with Crippen molar-refractivity contribution in [3.05, 3.63) is 30.0 Å². The summed E-state index contributed by atoms with van der Waals surface area (Å²) in [5, 5.41) is 3.76. The Hall–Kier alpha value is -1.91. The number of benzene rings is 1. The summed E-state index contributed by atoms with van der Waals surface area (Å²) in [6, 6.07) is 2.23.